The topological polar surface area (TPSA) is 74.6 Å². The van der Waals surface area contributed by atoms with Gasteiger partial charge in [-0.05, 0) is 46.2 Å². The van der Waals surface area contributed by atoms with E-state index in [1.807, 2.05) is 42.5 Å². The van der Waals surface area contributed by atoms with Crippen molar-refractivity contribution in [2.24, 2.45) is 0 Å². The second kappa shape index (κ2) is 6.10. The zero-order valence-electron chi connectivity index (χ0n) is 13.5. The normalized spacial score (nSPS) is 10.6. The summed E-state index contributed by atoms with van der Waals surface area (Å²) in [5.74, 6) is 0.845. The molecule has 4 aromatic rings. The van der Waals surface area contributed by atoms with E-state index in [1.165, 1.54) is 0 Å². The Kier molecular flexibility index (Phi) is 3.64. The number of benzene rings is 3. The van der Waals surface area contributed by atoms with Crippen molar-refractivity contribution < 1.29 is 4.74 Å². The van der Waals surface area contributed by atoms with E-state index in [2.05, 4.69) is 39.7 Å². The van der Waals surface area contributed by atoms with Crippen LogP contribution in [-0.4, -0.2) is 22.5 Å². The molecule has 0 bridgehead atoms. The summed E-state index contributed by atoms with van der Waals surface area (Å²) >= 11 is 0. The van der Waals surface area contributed by atoms with E-state index in [0.717, 1.165) is 33.2 Å². The molecule has 5 nitrogen and oxygen atoms in total. The Morgan fingerprint density at radius 2 is 1.64 bits per heavy atom. The van der Waals surface area contributed by atoms with Crippen LogP contribution >= 0.6 is 0 Å². The SMILES string of the molecule is COc1ccc2cc(-c3cccc(-c4n[nH]nc4C#N)c3)ccc2c1. The van der Waals surface area contributed by atoms with Gasteiger partial charge in [0.15, 0.2) is 5.69 Å². The van der Waals surface area contributed by atoms with Crippen LogP contribution in [0.5, 0.6) is 5.75 Å². The largest absolute Gasteiger partial charge is 0.497 e. The zero-order chi connectivity index (χ0) is 17.2. The van der Waals surface area contributed by atoms with Crippen molar-refractivity contribution >= 4 is 10.8 Å². The highest BCUT2D eigenvalue weighted by molar-refractivity contribution is 5.89. The number of nitrogens with zero attached hydrogens (tertiary/aromatic N) is 3. The van der Waals surface area contributed by atoms with Crippen molar-refractivity contribution in [3.8, 4) is 34.2 Å². The molecule has 0 fully saturated rings. The van der Waals surface area contributed by atoms with Gasteiger partial charge in [0.05, 0.1) is 7.11 Å². The number of hydrogen-bond acceptors (Lipinski definition) is 4. The van der Waals surface area contributed by atoms with Gasteiger partial charge >= 0.3 is 0 Å². The average Bonchev–Trinajstić information content (AvgIpc) is 3.16. The second-order valence-electron chi connectivity index (χ2n) is 5.64. The third kappa shape index (κ3) is 2.70. The van der Waals surface area contributed by atoms with Crippen molar-refractivity contribution in [2.45, 2.75) is 0 Å². The van der Waals surface area contributed by atoms with Gasteiger partial charge in [0.25, 0.3) is 0 Å². The van der Waals surface area contributed by atoms with Crippen molar-refractivity contribution in [3.63, 3.8) is 0 Å². The van der Waals surface area contributed by atoms with Crippen molar-refractivity contribution in [3.05, 3.63) is 66.4 Å². The van der Waals surface area contributed by atoms with Crippen LogP contribution in [0.4, 0.5) is 0 Å². The van der Waals surface area contributed by atoms with Gasteiger partial charge in [0.2, 0.25) is 0 Å². The molecule has 0 radical (unpaired) electrons. The molecular weight excluding hydrogens is 312 g/mol. The lowest BCUT2D eigenvalue weighted by molar-refractivity contribution is 0.415. The molecule has 0 spiro atoms. The van der Waals surface area contributed by atoms with Gasteiger partial charge in [-0.25, -0.2) is 0 Å². The Labute approximate surface area is 144 Å². The lowest BCUT2D eigenvalue weighted by atomic mass is 9.98. The lowest BCUT2D eigenvalue weighted by Gasteiger charge is -2.07. The van der Waals surface area contributed by atoms with Gasteiger partial charge in [-0.2, -0.15) is 15.6 Å². The average molecular weight is 326 g/mol. The van der Waals surface area contributed by atoms with Crippen molar-refractivity contribution in [1.29, 1.82) is 5.26 Å². The Morgan fingerprint density at radius 1 is 0.880 bits per heavy atom. The highest BCUT2D eigenvalue weighted by atomic mass is 16.5. The molecule has 0 aliphatic heterocycles. The monoisotopic (exact) mass is 326 g/mol. The molecule has 1 aromatic heterocycles. The highest BCUT2D eigenvalue weighted by Crippen LogP contribution is 2.29. The number of methoxy groups -OCH3 is 1. The number of nitriles is 1. The number of fused-ring (bicyclic) bond motifs is 1. The summed E-state index contributed by atoms with van der Waals surface area (Å²) in [5.41, 5.74) is 3.87. The van der Waals surface area contributed by atoms with Crippen LogP contribution in [0.1, 0.15) is 5.69 Å². The van der Waals surface area contributed by atoms with E-state index in [-0.39, 0.29) is 0 Å². The van der Waals surface area contributed by atoms with Crippen LogP contribution in [0, 0.1) is 11.3 Å². The summed E-state index contributed by atoms with van der Waals surface area (Å²) in [6, 6.07) is 22.3. The molecule has 4 rings (SSSR count). The molecule has 1 N–H and O–H groups in total. The minimum absolute atomic E-state index is 0.294. The molecule has 0 unspecified atom stereocenters. The zero-order valence-corrected chi connectivity index (χ0v) is 13.5. The number of hydrogen-bond donors (Lipinski definition) is 1. The molecule has 5 heteroatoms. The maximum absolute atomic E-state index is 9.13. The third-order valence-electron chi connectivity index (χ3n) is 4.17. The quantitative estimate of drug-likeness (QED) is 0.613. The molecule has 120 valence electrons. The first-order valence-corrected chi connectivity index (χ1v) is 7.78. The molecule has 0 amide bonds. The molecule has 1 heterocycles. The summed E-state index contributed by atoms with van der Waals surface area (Å²) in [5, 5.41) is 21.9. The van der Waals surface area contributed by atoms with Crippen LogP contribution in [0.25, 0.3) is 33.2 Å². The summed E-state index contributed by atoms with van der Waals surface area (Å²) in [7, 11) is 1.67. The number of aromatic amines is 1. The fourth-order valence-corrected chi connectivity index (χ4v) is 2.89. The smallest absolute Gasteiger partial charge is 0.190 e. The molecule has 0 saturated carbocycles. The summed E-state index contributed by atoms with van der Waals surface area (Å²) in [6.07, 6.45) is 0. The lowest BCUT2D eigenvalue weighted by Crippen LogP contribution is -1.86. The Bertz CT molecular complexity index is 1110. The molecule has 0 saturated heterocycles. The van der Waals surface area contributed by atoms with Gasteiger partial charge in [-0.3, -0.25) is 0 Å². The number of H-pyrrole nitrogens is 1. The van der Waals surface area contributed by atoms with Gasteiger partial charge in [0, 0.05) is 5.56 Å². The van der Waals surface area contributed by atoms with E-state index in [1.54, 1.807) is 7.11 Å². The second-order valence-corrected chi connectivity index (χ2v) is 5.64. The first-order chi connectivity index (χ1) is 12.3. The fraction of sp³-hybridized carbons (Fsp3) is 0.0500. The summed E-state index contributed by atoms with van der Waals surface area (Å²) in [6.45, 7) is 0. The number of aromatic nitrogens is 3. The minimum atomic E-state index is 0.294. The van der Waals surface area contributed by atoms with E-state index in [4.69, 9.17) is 10.00 Å². The van der Waals surface area contributed by atoms with Gasteiger partial charge in [-0.1, -0.05) is 36.4 Å². The number of ether oxygens (including phenoxy) is 1. The fourth-order valence-electron chi connectivity index (χ4n) is 2.89. The Balaban J connectivity index is 1.79. The third-order valence-corrected chi connectivity index (χ3v) is 4.17. The molecule has 0 aliphatic carbocycles. The summed E-state index contributed by atoms with van der Waals surface area (Å²) < 4.78 is 5.27. The Hall–Kier alpha value is -3.65. The predicted octanol–water partition coefficient (Wildman–Crippen LogP) is 4.17. The Morgan fingerprint density at radius 3 is 2.48 bits per heavy atom. The number of rotatable bonds is 3. The first kappa shape index (κ1) is 14.9. The van der Waals surface area contributed by atoms with Crippen LogP contribution in [-0.2, 0) is 0 Å². The van der Waals surface area contributed by atoms with Gasteiger partial charge in [0.1, 0.15) is 17.5 Å². The summed E-state index contributed by atoms with van der Waals surface area (Å²) in [4.78, 5) is 0. The molecule has 0 aliphatic rings. The van der Waals surface area contributed by atoms with Crippen LogP contribution in [0.15, 0.2) is 60.7 Å². The van der Waals surface area contributed by atoms with Crippen LogP contribution < -0.4 is 4.74 Å². The highest BCUT2D eigenvalue weighted by Gasteiger charge is 2.10. The van der Waals surface area contributed by atoms with E-state index in [9.17, 15) is 0 Å². The number of nitrogens with one attached hydrogen (secondary N) is 1. The van der Waals surface area contributed by atoms with E-state index in [0.29, 0.717) is 11.4 Å². The standard InChI is InChI=1S/C20H14N4O/c1-25-18-8-7-15-9-14(5-6-16(15)11-18)13-3-2-4-17(10-13)20-19(12-21)22-24-23-20/h2-11H,1H3,(H,22,23,24). The maximum Gasteiger partial charge on any atom is 0.190 e. The van der Waals surface area contributed by atoms with Crippen LogP contribution in [0.2, 0.25) is 0 Å². The molecule has 3 aromatic carbocycles. The van der Waals surface area contributed by atoms with E-state index < -0.39 is 0 Å². The van der Waals surface area contributed by atoms with Gasteiger partial charge in [-0.15, -0.1) is 5.10 Å². The van der Waals surface area contributed by atoms with Gasteiger partial charge < -0.3 is 4.74 Å². The van der Waals surface area contributed by atoms with E-state index >= 15 is 0 Å². The van der Waals surface area contributed by atoms with Crippen LogP contribution in [0.3, 0.4) is 0 Å². The maximum atomic E-state index is 9.13. The first-order valence-electron chi connectivity index (χ1n) is 7.78. The molecular formula is C20H14N4O. The predicted molar refractivity (Wildman–Crippen MR) is 96.0 cm³/mol. The molecule has 25 heavy (non-hydrogen) atoms. The van der Waals surface area contributed by atoms with Crippen molar-refractivity contribution in [1.82, 2.24) is 15.4 Å². The molecule has 0 atom stereocenters. The minimum Gasteiger partial charge on any atom is -0.497 e. The van der Waals surface area contributed by atoms with Crippen molar-refractivity contribution in [2.75, 3.05) is 7.11 Å².